The van der Waals surface area contributed by atoms with Gasteiger partial charge in [-0.2, -0.15) is 0 Å². The van der Waals surface area contributed by atoms with Crippen LogP contribution in [0.4, 0.5) is 11.4 Å². The SMILES string of the molecule is CCNC(=O)CC1CN(c2ccc(Cl)cc2)c2ccccc2-n2c(C)nnc21. The number of halogens is 1. The van der Waals surface area contributed by atoms with Crippen molar-refractivity contribution in [1.82, 2.24) is 20.1 Å². The number of anilines is 2. The van der Waals surface area contributed by atoms with E-state index in [2.05, 4.69) is 37.1 Å². The Balaban J connectivity index is 1.85. The van der Waals surface area contributed by atoms with Crippen LogP contribution in [0, 0.1) is 6.92 Å². The van der Waals surface area contributed by atoms with E-state index in [9.17, 15) is 4.79 Å². The largest absolute Gasteiger partial charge is 0.356 e. The number of para-hydroxylation sites is 2. The first kappa shape index (κ1) is 18.5. The summed E-state index contributed by atoms with van der Waals surface area (Å²) in [4.78, 5) is 14.6. The molecular weight excluding hydrogens is 374 g/mol. The van der Waals surface area contributed by atoms with E-state index in [0.29, 0.717) is 24.5 Å². The van der Waals surface area contributed by atoms with Gasteiger partial charge in [0.2, 0.25) is 5.91 Å². The molecule has 2 aromatic carbocycles. The Morgan fingerprint density at radius 3 is 2.57 bits per heavy atom. The molecular formula is C21H22ClN5O. The molecule has 28 heavy (non-hydrogen) atoms. The summed E-state index contributed by atoms with van der Waals surface area (Å²) in [6.45, 7) is 5.09. The molecule has 1 amide bonds. The number of benzene rings is 2. The molecule has 0 spiro atoms. The number of aryl methyl sites for hydroxylation is 1. The van der Waals surface area contributed by atoms with Crippen molar-refractivity contribution in [2.75, 3.05) is 18.0 Å². The van der Waals surface area contributed by atoms with Gasteiger partial charge in [0.25, 0.3) is 0 Å². The molecule has 0 radical (unpaired) electrons. The van der Waals surface area contributed by atoms with Crippen LogP contribution in [-0.2, 0) is 4.79 Å². The summed E-state index contributed by atoms with van der Waals surface area (Å²) in [6.07, 6.45) is 0.351. The quantitative estimate of drug-likeness (QED) is 0.725. The minimum Gasteiger partial charge on any atom is -0.356 e. The number of carbonyl (C=O) groups is 1. The van der Waals surface area contributed by atoms with Gasteiger partial charge in [0.1, 0.15) is 11.6 Å². The zero-order chi connectivity index (χ0) is 19.7. The van der Waals surface area contributed by atoms with E-state index in [1.165, 1.54) is 0 Å². The smallest absolute Gasteiger partial charge is 0.220 e. The normalized spacial score (nSPS) is 15.5. The van der Waals surface area contributed by atoms with Crippen LogP contribution in [0.25, 0.3) is 5.69 Å². The maximum absolute atomic E-state index is 12.4. The predicted octanol–water partition coefficient (Wildman–Crippen LogP) is 3.99. The van der Waals surface area contributed by atoms with Gasteiger partial charge in [-0.3, -0.25) is 9.36 Å². The Hall–Kier alpha value is -2.86. The Kier molecular flexibility index (Phi) is 5.05. The van der Waals surface area contributed by atoms with Gasteiger partial charge in [0, 0.05) is 36.1 Å². The van der Waals surface area contributed by atoms with Gasteiger partial charge < -0.3 is 10.2 Å². The fraction of sp³-hybridized carbons (Fsp3) is 0.286. The topological polar surface area (TPSA) is 63.1 Å². The van der Waals surface area contributed by atoms with E-state index in [1.54, 1.807) is 0 Å². The van der Waals surface area contributed by atoms with Gasteiger partial charge in [-0.1, -0.05) is 23.7 Å². The zero-order valence-corrected chi connectivity index (χ0v) is 16.6. The summed E-state index contributed by atoms with van der Waals surface area (Å²) < 4.78 is 2.06. The third kappa shape index (κ3) is 3.36. The third-order valence-corrected chi connectivity index (χ3v) is 5.23. The maximum Gasteiger partial charge on any atom is 0.220 e. The van der Waals surface area contributed by atoms with Gasteiger partial charge in [-0.25, -0.2) is 0 Å². The molecule has 0 saturated carbocycles. The second-order valence-electron chi connectivity index (χ2n) is 6.87. The number of hydrogen-bond acceptors (Lipinski definition) is 4. The fourth-order valence-corrected chi connectivity index (χ4v) is 3.86. The van der Waals surface area contributed by atoms with E-state index < -0.39 is 0 Å². The van der Waals surface area contributed by atoms with Crippen molar-refractivity contribution >= 4 is 28.9 Å². The molecule has 4 rings (SSSR count). The highest BCUT2D eigenvalue weighted by molar-refractivity contribution is 6.30. The van der Waals surface area contributed by atoms with Crippen molar-refractivity contribution in [3.63, 3.8) is 0 Å². The lowest BCUT2D eigenvalue weighted by molar-refractivity contribution is -0.121. The molecule has 3 aromatic rings. The van der Waals surface area contributed by atoms with E-state index in [-0.39, 0.29) is 11.8 Å². The van der Waals surface area contributed by atoms with E-state index in [4.69, 9.17) is 11.6 Å². The molecule has 1 atom stereocenters. The summed E-state index contributed by atoms with van der Waals surface area (Å²) in [5.74, 6) is 1.53. The zero-order valence-electron chi connectivity index (χ0n) is 15.9. The van der Waals surface area contributed by atoms with Crippen molar-refractivity contribution < 1.29 is 4.79 Å². The standard InChI is InChI=1S/C21H22ClN5O/c1-3-23-20(28)12-15-13-26(17-10-8-16(22)9-11-17)18-6-4-5-7-19(18)27-14(2)24-25-21(15)27/h4-11,15H,3,12-13H2,1-2H3,(H,23,28). The van der Waals surface area contributed by atoms with Crippen LogP contribution >= 0.6 is 11.6 Å². The van der Waals surface area contributed by atoms with Crippen molar-refractivity contribution in [3.8, 4) is 5.69 Å². The lowest BCUT2D eigenvalue weighted by Gasteiger charge is -2.27. The highest BCUT2D eigenvalue weighted by Gasteiger charge is 2.31. The van der Waals surface area contributed by atoms with Crippen LogP contribution in [0.15, 0.2) is 48.5 Å². The first-order valence-electron chi connectivity index (χ1n) is 9.39. The lowest BCUT2D eigenvalue weighted by Crippen LogP contribution is -2.29. The highest BCUT2D eigenvalue weighted by Crippen LogP contribution is 2.39. The number of carbonyl (C=O) groups excluding carboxylic acids is 1. The number of amides is 1. The number of rotatable bonds is 4. The van der Waals surface area contributed by atoms with Gasteiger partial charge in [0.05, 0.1) is 11.4 Å². The number of hydrogen-bond donors (Lipinski definition) is 1. The van der Waals surface area contributed by atoms with Gasteiger partial charge in [0.15, 0.2) is 0 Å². The molecule has 1 N–H and O–H groups in total. The predicted molar refractivity (Wildman–Crippen MR) is 111 cm³/mol. The fourth-order valence-electron chi connectivity index (χ4n) is 3.74. The molecule has 0 bridgehead atoms. The second kappa shape index (κ2) is 7.64. The Morgan fingerprint density at radius 2 is 1.86 bits per heavy atom. The summed E-state index contributed by atoms with van der Waals surface area (Å²) >= 11 is 6.10. The van der Waals surface area contributed by atoms with E-state index >= 15 is 0 Å². The average Bonchev–Trinajstić information content (AvgIpc) is 3.01. The van der Waals surface area contributed by atoms with Crippen LogP contribution in [0.3, 0.4) is 0 Å². The molecule has 7 heteroatoms. The molecule has 2 heterocycles. The molecule has 1 aliphatic heterocycles. The van der Waals surface area contributed by atoms with Crippen LogP contribution < -0.4 is 10.2 Å². The van der Waals surface area contributed by atoms with Crippen LogP contribution in [-0.4, -0.2) is 33.8 Å². The van der Waals surface area contributed by atoms with Crippen LogP contribution in [0.2, 0.25) is 5.02 Å². The summed E-state index contributed by atoms with van der Waals surface area (Å²) in [7, 11) is 0. The van der Waals surface area contributed by atoms with Crippen LogP contribution in [0.5, 0.6) is 0 Å². The molecule has 1 unspecified atom stereocenters. The monoisotopic (exact) mass is 395 g/mol. The first-order valence-corrected chi connectivity index (χ1v) is 9.77. The second-order valence-corrected chi connectivity index (χ2v) is 7.31. The Morgan fingerprint density at radius 1 is 1.14 bits per heavy atom. The van der Waals surface area contributed by atoms with Gasteiger partial charge in [-0.05, 0) is 50.2 Å². The number of nitrogens with zero attached hydrogens (tertiary/aromatic N) is 4. The molecule has 0 fully saturated rings. The van der Waals surface area contributed by atoms with Crippen molar-refractivity contribution in [3.05, 3.63) is 65.2 Å². The van der Waals surface area contributed by atoms with Crippen molar-refractivity contribution in [1.29, 1.82) is 0 Å². The summed E-state index contributed by atoms with van der Waals surface area (Å²) in [5, 5.41) is 12.3. The summed E-state index contributed by atoms with van der Waals surface area (Å²) in [5.41, 5.74) is 3.08. The molecule has 0 saturated heterocycles. The number of aromatic nitrogens is 3. The minimum atomic E-state index is -0.101. The van der Waals surface area contributed by atoms with Crippen molar-refractivity contribution in [2.45, 2.75) is 26.2 Å². The minimum absolute atomic E-state index is 0.0155. The van der Waals surface area contributed by atoms with Crippen molar-refractivity contribution in [2.24, 2.45) is 0 Å². The molecule has 0 aliphatic carbocycles. The Labute approximate surface area is 169 Å². The number of fused-ring (bicyclic) bond motifs is 3. The highest BCUT2D eigenvalue weighted by atomic mass is 35.5. The molecule has 1 aromatic heterocycles. The van der Waals surface area contributed by atoms with E-state index in [0.717, 1.165) is 28.7 Å². The maximum atomic E-state index is 12.4. The molecule has 6 nitrogen and oxygen atoms in total. The lowest BCUT2D eigenvalue weighted by atomic mass is 10.0. The summed E-state index contributed by atoms with van der Waals surface area (Å²) in [6, 6.07) is 15.9. The average molecular weight is 396 g/mol. The molecule has 1 aliphatic rings. The van der Waals surface area contributed by atoms with Crippen LogP contribution in [0.1, 0.15) is 30.9 Å². The number of nitrogens with one attached hydrogen (secondary N) is 1. The van der Waals surface area contributed by atoms with Gasteiger partial charge >= 0.3 is 0 Å². The first-order chi connectivity index (χ1) is 13.6. The Bertz CT molecular complexity index is 998. The van der Waals surface area contributed by atoms with E-state index in [1.807, 2.05) is 50.2 Å². The van der Waals surface area contributed by atoms with Gasteiger partial charge in [-0.15, -0.1) is 10.2 Å². The third-order valence-electron chi connectivity index (χ3n) is 4.98. The molecule has 144 valence electrons.